The molecule has 0 radical (unpaired) electrons. The van der Waals surface area contributed by atoms with E-state index >= 15 is 0 Å². The summed E-state index contributed by atoms with van der Waals surface area (Å²) in [5.41, 5.74) is -0.146. The van der Waals surface area contributed by atoms with Crippen LogP contribution in [-0.4, -0.2) is 25.4 Å². The fraction of sp³-hybridized carbons (Fsp3) is 0.0714. The van der Waals surface area contributed by atoms with Crippen LogP contribution in [0.1, 0.15) is 11.4 Å². The molecule has 0 atom stereocenters. The van der Waals surface area contributed by atoms with Crippen molar-refractivity contribution in [3.05, 3.63) is 47.9 Å². The molecule has 1 aromatic carbocycles. The zero-order chi connectivity index (χ0) is 17.2. The summed E-state index contributed by atoms with van der Waals surface area (Å²) in [4.78, 5) is 6.98. The van der Waals surface area contributed by atoms with E-state index in [-0.39, 0.29) is 11.4 Å². The lowest BCUT2D eigenvalue weighted by Crippen LogP contribution is -2.08. The molecule has 0 saturated heterocycles. The van der Waals surface area contributed by atoms with Crippen LogP contribution in [0.15, 0.2) is 36.5 Å². The number of nitrogens with one attached hydrogen (secondary N) is 1. The molecular formula is C14H7F3N6O. The number of H-pyrrole nitrogens is 1. The molecule has 2 heterocycles. The van der Waals surface area contributed by atoms with E-state index in [0.717, 1.165) is 12.3 Å². The molecule has 10 heteroatoms. The van der Waals surface area contributed by atoms with E-state index in [1.807, 2.05) is 6.07 Å². The number of hydrogen-bond donors (Lipinski definition) is 1. The van der Waals surface area contributed by atoms with Crippen LogP contribution in [0.3, 0.4) is 0 Å². The molecule has 2 aromatic heterocycles. The predicted molar refractivity (Wildman–Crippen MR) is 73.6 cm³/mol. The van der Waals surface area contributed by atoms with Gasteiger partial charge in [0.25, 0.3) is 0 Å². The van der Waals surface area contributed by atoms with Crippen LogP contribution in [0.5, 0.6) is 11.8 Å². The third kappa shape index (κ3) is 3.14. The number of hydrogen-bond acceptors (Lipinski definition) is 6. The average Bonchev–Trinajstić information content (AvgIpc) is 3.03. The summed E-state index contributed by atoms with van der Waals surface area (Å²) >= 11 is 0. The van der Waals surface area contributed by atoms with Crippen molar-refractivity contribution >= 4 is 0 Å². The van der Waals surface area contributed by atoms with Gasteiger partial charge >= 0.3 is 12.2 Å². The second-order valence-electron chi connectivity index (χ2n) is 4.50. The van der Waals surface area contributed by atoms with Crippen LogP contribution in [0.25, 0.3) is 11.3 Å². The van der Waals surface area contributed by atoms with Crippen LogP contribution in [-0.2, 0) is 6.18 Å². The van der Waals surface area contributed by atoms with E-state index in [9.17, 15) is 13.2 Å². The molecule has 0 aliphatic heterocycles. The van der Waals surface area contributed by atoms with Gasteiger partial charge in [-0.1, -0.05) is 17.3 Å². The Kier molecular flexibility index (Phi) is 3.83. The van der Waals surface area contributed by atoms with E-state index in [0.29, 0.717) is 11.3 Å². The lowest BCUT2D eigenvalue weighted by Gasteiger charge is -2.08. The highest BCUT2D eigenvalue weighted by molar-refractivity contribution is 5.65. The summed E-state index contributed by atoms with van der Waals surface area (Å²) in [6.07, 6.45) is -3.63. The van der Waals surface area contributed by atoms with Crippen molar-refractivity contribution in [1.29, 1.82) is 5.26 Å². The number of halogens is 3. The van der Waals surface area contributed by atoms with Gasteiger partial charge in [0.2, 0.25) is 0 Å². The van der Waals surface area contributed by atoms with Crippen molar-refractivity contribution in [2.75, 3.05) is 0 Å². The van der Waals surface area contributed by atoms with Crippen LogP contribution in [0.2, 0.25) is 0 Å². The number of alkyl halides is 3. The summed E-state index contributed by atoms with van der Waals surface area (Å²) < 4.78 is 43.2. The van der Waals surface area contributed by atoms with Gasteiger partial charge in [-0.15, -0.1) is 5.10 Å². The first-order chi connectivity index (χ1) is 11.5. The molecule has 7 nitrogen and oxygen atoms in total. The molecule has 3 rings (SSSR count). The quantitative estimate of drug-likeness (QED) is 0.791. The highest BCUT2D eigenvalue weighted by Crippen LogP contribution is 2.30. The monoisotopic (exact) mass is 332 g/mol. The number of rotatable bonds is 3. The first kappa shape index (κ1) is 15.4. The lowest BCUT2D eigenvalue weighted by atomic mass is 10.1. The molecule has 0 amide bonds. The number of aromatic amines is 1. The molecule has 0 fully saturated rings. The predicted octanol–water partition coefficient (Wildman–Crippen LogP) is 2.94. The Morgan fingerprint density at radius 2 is 2.04 bits per heavy atom. The van der Waals surface area contributed by atoms with Gasteiger partial charge < -0.3 is 4.74 Å². The van der Waals surface area contributed by atoms with Gasteiger partial charge in [-0.2, -0.15) is 23.4 Å². The summed E-state index contributed by atoms with van der Waals surface area (Å²) in [6.45, 7) is 0. The minimum absolute atomic E-state index is 0.155. The minimum Gasteiger partial charge on any atom is -0.424 e. The lowest BCUT2D eigenvalue weighted by molar-refractivity contribution is -0.141. The maximum Gasteiger partial charge on any atom is 0.433 e. The van der Waals surface area contributed by atoms with Gasteiger partial charge in [-0.05, 0) is 18.2 Å². The van der Waals surface area contributed by atoms with Crippen LogP contribution < -0.4 is 4.74 Å². The zero-order valence-electron chi connectivity index (χ0n) is 11.7. The zero-order valence-corrected chi connectivity index (χ0v) is 11.7. The maximum absolute atomic E-state index is 12.6. The Hall–Kier alpha value is -3.48. The van der Waals surface area contributed by atoms with Crippen molar-refractivity contribution in [3.63, 3.8) is 0 Å². The molecule has 0 aliphatic rings. The Labute approximate surface area is 132 Å². The van der Waals surface area contributed by atoms with Gasteiger partial charge in [0.05, 0.1) is 0 Å². The van der Waals surface area contributed by atoms with Crippen molar-refractivity contribution in [3.8, 4) is 29.1 Å². The summed E-state index contributed by atoms with van der Waals surface area (Å²) in [5.74, 6) is 0.193. The summed E-state index contributed by atoms with van der Waals surface area (Å²) in [6, 6.07) is 8.45. The van der Waals surface area contributed by atoms with Gasteiger partial charge in [0.1, 0.15) is 17.5 Å². The molecule has 24 heavy (non-hydrogen) atoms. The van der Waals surface area contributed by atoms with Crippen molar-refractivity contribution < 1.29 is 17.9 Å². The molecule has 0 bridgehead atoms. The number of aromatic nitrogens is 5. The number of benzene rings is 1. The SMILES string of the molecule is N#Cc1[nH]nnc1-c1cccc(Oc2nccc(C(F)(F)F)n2)c1. The summed E-state index contributed by atoms with van der Waals surface area (Å²) in [7, 11) is 0. The first-order valence-corrected chi connectivity index (χ1v) is 6.47. The maximum atomic E-state index is 12.6. The second kappa shape index (κ2) is 5.96. The van der Waals surface area contributed by atoms with Gasteiger partial charge in [0, 0.05) is 11.8 Å². The third-order valence-corrected chi connectivity index (χ3v) is 2.90. The molecule has 3 aromatic rings. The fourth-order valence-corrected chi connectivity index (χ4v) is 1.87. The average molecular weight is 332 g/mol. The third-order valence-electron chi connectivity index (χ3n) is 2.90. The Morgan fingerprint density at radius 1 is 1.21 bits per heavy atom. The number of ether oxygens (including phenoxy) is 1. The van der Waals surface area contributed by atoms with E-state index in [2.05, 4.69) is 25.4 Å². The van der Waals surface area contributed by atoms with E-state index < -0.39 is 17.9 Å². The molecule has 0 saturated carbocycles. The highest BCUT2D eigenvalue weighted by atomic mass is 19.4. The fourth-order valence-electron chi connectivity index (χ4n) is 1.87. The molecular weight excluding hydrogens is 325 g/mol. The van der Waals surface area contributed by atoms with Crippen molar-refractivity contribution in [2.45, 2.75) is 6.18 Å². The Bertz CT molecular complexity index is 915. The van der Waals surface area contributed by atoms with Crippen molar-refractivity contribution in [2.24, 2.45) is 0 Å². The standard InChI is InChI=1S/C14H7F3N6O/c15-14(16,17)11-4-5-19-13(20-11)24-9-3-1-2-8(6-9)12-10(7-18)21-23-22-12/h1-6H,(H,21,22,23). The highest BCUT2D eigenvalue weighted by Gasteiger charge is 2.33. The van der Waals surface area contributed by atoms with E-state index in [1.54, 1.807) is 12.1 Å². The van der Waals surface area contributed by atoms with Crippen molar-refractivity contribution in [1.82, 2.24) is 25.4 Å². The molecule has 0 aliphatic carbocycles. The molecule has 0 unspecified atom stereocenters. The Balaban J connectivity index is 1.90. The second-order valence-corrected chi connectivity index (χ2v) is 4.50. The van der Waals surface area contributed by atoms with Crippen LogP contribution >= 0.6 is 0 Å². The van der Waals surface area contributed by atoms with Gasteiger partial charge in [0.15, 0.2) is 11.4 Å². The Morgan fingerprint density at radius 3 is 2.79 bits per heavy atom. The van der Waals surface area contributed by atoms with Gasteiger partial charge in [-0.3, -0.25) is 0 Å². The topological polar surface area (TPSA) is 100 Å². The largest absolute Gasteiger partial charge is 0.433 e. The van der Waals surface area contributed by atoms with E-state index in [1.165, 1.54) is 12.1 Å². The number of nitrogens with zero attached hydrogens (tertiary/aromatic N) is 5. The van der Waals surface area contributed by atoms with Crippen LogP contribution in [0.4, 0.5) is 13.2 Å². The molecule has 120 valence electrons. The minimum atomic E-state index is -4.59. The van der Waals surface area contributed by atoms with Gasteiger partial charge in [-0.25, -0.2) is 10.1 Å². The summed E-state index contributed by atoms with van der Waals surface area (Å²) in [5, 5.41) is 18.7. The first-order valence-electron chi connectivity index (χ1n) is 6.47. The molecule has 1 N–H and O–H groups in total. The normalized spacial score (nSPS) is 11.1. The number of nitriles is 1. The van der Waals surface area contributed by atoms with Crippen LogP contribution in [0, 0.1) is 11.3 Å². The smallest absolute Gasteiger partial charge is 0.424 e. The van der Waals surface area contributed by atoms with E-state index in [4.69, 9.17) is 10.00 Å². The molecule has 0 spiro atoms.